The number of nitrogens with one attached hydrogen (secondary N) is 1. The Morgan fingerprint density at radius 2 is 2.00 bits per heavy atom. The summed E-state index contributed by atoms with van der Waals surface area (Å²) in [5.74, 6) is -1.43. The molecule has 1 aliphatic heterocycles. The maximum absolute atomic E-state index is 13.0. The number of carbonyl (C=O) groups excluding carboxylic acids is 2. The molecular formula is C20H16FN3O5S2. The van der Waals surface area contributed by atoms with Crippen LogP contribution in [0.3, 0.4) is 0 Å². The van der Waals surface area contributed by atoms with Crippen molar-refractivity contribution >= 4 is 57.6 Å². The highest BCUT2D eigenvalue weighted by molar-refractivity contribution is 8.26. The fraction of sp³-hybridized carbons (Fsp3) is 0.150. The molecule has 0 spiro atoms. The number of non-ortho nitro benzene ring substituents is 1. The van der Waals surface area contributed by atoms with Crippen LogP contribution in [0.5, 0.6) is 5.75 Å². The monoisotopic (exact) mass is 461 g/mol. The minimum absolute atomic E-state index is 0.0101. The van der Waals surface area contributed by atoms with Crippen LogP contribution in [0.15, 0.2) is 47.4 Å². The number of phenolic OH excluding ortho intramolecular Hbond substituents is 1. The molecule has 1 aliphatic rings. The van der Waals surface area contributed by atoms with E-state index in [2.05, 4.69) is 5.32 Å². The van der Waals surface area contributed by atoms with Gasteiger partial charge in [-0.25, -0.2) is 4.39 Å². The van der Waals surface area contributed by atoms with Gasteiger partial charge in [-0.1, -0.05) is 36.1 Å². The standard InChI is InChI=1S/C20H16FN3O5S2/c21-13-5-3-12(4-6-13)10-17-19(27)23(20(30)31-17)9-1-2-18(26)22-15-11-14(24(28)29)7-8-16(15)25/h3-8,10-11,25H,1-2,9H2,(H,22,26). The van der Waals surface area contributed by atoms with Gasteiger partial charge in [0.15, 0.2) is 0 Å². The lowest BCUT2D eigenvalue weighted by Crippen LogP contribution is -2.29. The van der Waals surface area contributed by atoms with Crippen LogP contribution in [-0.2, 0) is 9.59 Å². The third kappa shape index (κ3) is 5.64. The van der Waals surface area contributed by atoms with Gasteiger partial charge in [0.25, 0.3) is 11.6 Å². The smallest absolute Gasteiger partial charge is 0.271 e. The number of hydrogen-bond acceptors (Lipinski definition) is 7. The molecule has 0 saturated carbocycles. The molecule has 1 heterocycles. The third-order valence-electron chi connectivity index (χ3n) is 4.29. The number of rotatable bonds is 7. The number of halogens is 1. The molecule has 0 aromatic heterocycles. The summed E-state index contributed by atoms with van der Waals surface area (Å²) < 4.78 is 13.4. The predicted molar refractivity (Wildman–Crippen MR) is 119 cm³/mol. The van der Waals surface area contributed by atoms with E-state index in [1.807, 2.05) is 0 Å². The zero-order chi connectivity index (χ0) is 22.5. The number of carbonyl (C=O) groups is 2. The van der Waals surface area contributed by atoms with Crippen molar-refractivity contribution in [2.24, 2.45) is 0 Å². The van der Waals surface area contributed by atoms with E-state index in [0.717, 1.165) is 30.0 Å². The number of phenols is 1. The second-order valence-corrected chi connectivity index (χ2v) is 8.17. The molecule has 2 amide bonds. The fourth-order valence-electron chi connectivity index (χ4n) is 2.75. The number of benzene rings is 2. The van der Waals surface area contributed by atoms with Gasteiger partial charge < -0.3 is 10.4 Å². The number of amides is 2. The molecule has 0 aliphatic carbocycles. The lowest BCUT2D eigenvalue weighted by molar-refractivity contribution is -0.384. The molecule has 11 heteroatoms. The van der Waals surface area contributed by atoms with Gasteiger partial charge in [-0.2, -0.15) is 0 Å². The van der Waals surface area contributed by atoms with E-state index < -0.39 is 10.8 Å². The number of nitrogens with zero attached hydrogens (tertiary/aromatic N) is 2. The van der Waals surface area contributed by atoms with Crippen LogP contribution in [0.4, 0.5) is 15.8 Å². The molecule has 2 aromatic carbocycles. The van der Waals surface area contributed by atoms with Gasteiger partial charge >= 0.3 is 0 Å². The normalized spacial score (nSPS) is 14.9. The van der Waals surface area contributed by atoms with E-state index in [9.17, 15) is 29.2 Å². The summed E-state index contributed by atoms with van der Waals surface area (Å²) >= 11 is 6.37. The highest BCUT2D eigenvalue weighted by Gasteiger charge is 2.31. The van der Waals surface area contributed by atoms with Gasteiger partial charge in [0, 0.05) is 25.1 Å². The Labute approximate surface area is 185 Å². The number of anilines is 1. The lowest BCUT2D eigenvalue weighted by Gasteiger charge is -2.14. The molecule has 1 fully saturated rings. The van der Waals surface area contributed by atoms with E-state index >= 15 is 0 Å². The molecule has 2 N–H and O–H groups in total. The molecule has 2 aromatic rings. The highest BCUT2D eigenvalue weighted by Crippen LogP contribution is 2.33. The number of thioether (sulfide) groups is 1. The Bertz CT molecular complexity index is 1090. The molecule has 31 heavy (non-hydrogen) atoms. The average molecular weight is 461 g/mol. The van der Waals surface area contributed by atoms with E-state index in [-0.39, 0.29) is 48.2 Å². The minimum atomic E-state index is -0.635. The van der Waals surface area contributed by atoms with Crippen LogP contribution in [-0.4, -0.2) is 37.6 Å². The van der Waals surface area contributed by atoms with Crippen LogP contribution in [0, 0.1) is 15.9 Å². The largest absolute Gasteiger partial charge is 0.506 e. The maximum Gasteiger partial charge on any atom is 0.271 e. The SMILES string of the molecule is O=C(CCCN1C(=O)C(=Cc2ccc(F)cc2)SC1=S)Nc1cc([N+](=O)[O-])ccc1O. The van der Waals surface area contributed by atoms with E-state index in [1.165, 1.54) is 17.0 Å². The number of aromatic hydroxyl groups is 1. The number of hydrogen-bond donors (Lipinski definition) is 2. The van der Waals surface area contributed by atoms with Crippen molar-refractivity contribution in [3.63, 3.8) is 0 Å². The van der Waals surface area contributed by atoms with Crippen molar-refractivity contribution in [3.05, 3.63) is 68.9 Å². The van der Waals surface area contributed by atoms with Gasteiger partial charge in [0.1, 0.15) is 15.9 Å². The Morgan fingerprint density at radius 3 is 2.68 bits per heavy atom. The zero-order valence-electron chi connectivity index (χ0n) is 15.9. The van der Waals surface area contributed by atoms with Gasteiger partial charge in [-0.05, 0) is 36.3 Å². The topological polar surface area (TPSA) is 113 Å². The zero-order valence-corrected chi connectivity index (χ0v) is 17.5. The van der Waals surface area contributed by atoms with Crippen molar-refractivity contribution in [3.8, 4) is 5.75 Å². The first kappa shape index (κ1) is 22.4. The van der Waals surface area contributed by atoms with Crippen molar-refractivity contribution in [1.29, 1.82) is 0 Å². The van der Waals surface area contributed by atoms with Crippen molar-refractivity contribution < 1.29 is 24.0 Å². The van der Waals surface area contributed by atoms with Crippen molar-refractivity contribution in [2.75, 3.05) is 11.9 Å². The van der Waals surface area contributed by atoms with Crippen molar-refractivity contribution in [1.82, 2.24) is 4.90 Å². The summed E-state index contributed by atoms with van der Waals surface area (Å²) in [5.41, 5.74) is 0.337. The summed E-state index contributed by atoms with van der Waals surface area (Å²) in [6.45, 7) is 0.208. The summed E-state index contributed by atoms with van der Waals surface area (Å²) in [5, 5.41) is 23.0. The van der Waals surface area contributed by atoms with E-state index in [4.69, 9.17) is 12.2 Å². The molecular weight excluding hydrogens is 445 g/mol. The second-order valence-electron chi connectivity index (χ2n) is 6.50. The van der Waals surface area contributed by atoms with E-state index in [1.54, 1.807) is 18.2 Å². The number of thiocarbonyl (C=S) groups is 1. The second kappa shape index (κ2) is 9.67. The summed E-state index contributed by atoms with van der Waals surface area (Å²) in [4.78, 5) is 36.7. The van der Waals surface area contributed by atoms with Gasteiger partial charge in [0.2, 0.25) is 5.91 Å². The molecule has 160 valence electrons. The van der Waals surface area contributed by atoms with Crippen LogP contribution < -0.4 is 5.32 Å². The Kier molecular flexibility index (Phi) is 6.98. The first-order valence-electron chi connectivity index (χ1n) is 9.03. The Morgan fingerprint density at radius 1 is 1.29 bits per heavy atom. The first-order chi connectivity index (χ1) is 14.7. The highest BCUT2D eigenvalue weighted by atomic mass is 32.2. The molecule has 0 atom stereocenters. The summed E-state index contributed by atoms with van der Waals surface area (Å²) in [6, 6.07) is 9.01. The summed E-state index contributed by atoms with van der Waals surface area (Å²) in [6.07, 6.45) is 1.92. The van der Waals surface area contributed by atoms with Crippen LogP contribution >= 0.6 is 24.0 Å². The number of nitro groups is 1. The quantitative estimate of drug-likeness (QED) is 0.210. The van der Waals surface area contributed by atoms with Crippen molar-refractivity contribution in [2.45, 2.75) is 12.8 Å². The maximum atomic E-state index is 13.0. The molecule has 0 bridgehead atoms. The van der Waals surface area contributed by atoms with Crippen LogP contribution in [0.2, 0.25) is 0 Å². The lowest BCUT2D eigenvalue weighted by atomic mass is 10.2. The average Bonchev–Trinajstić information content (AvgIpc) is 2.98. The van der Waals surface area contributed by atoms with Gasteiger partial charge in [0.05, 0.1) is 15.5 Å². The van der Waals surface area contributed by atoms with Crippen LogP contribution in [0.25, 0.3) is 6.08 Å². The molecule has 0 unspecified atom stereocenters. The van der Waals surface area contributed by atoms with Crippen LogP contribution in [0.1, 0.15) is 18.4 Å². The van der Waals surface area contributed by atoms with Gasteiger partial charge in [-0.15, -0.1) is 0 Å². The molecule has 1 saturated heterocycles. The Balaban J connectivity index is 1.55. The number of nitro benzene ring substituents is 1. The predicted octanol–water partition coefficient (Wildman–Crippen LogP) is 4.06. The van der Waals surface area contributed by atoms with E-state index in [0.29, 0.717) is 14.8 Å². The first-order valence-corrected chi connectivity index (χ1v) is 10.3. The third-order valence-corrected chi connectivity index (χ3v) is 5.67. The summed E-state index contributed by atoms with van der Waals surface area (Å²) in [7, 11) is 0. The fourth-order valence-corrected chi connectivity index (χ4v) is 4.06. The Hall–Kier alpha value is -3.31. The van der Waals surface area contributed by atoms with Gasteiger partial charge in [-0.3, -0.25) is 24.6 Å². The minimum Gasteiger partial charge on any atom is -0.506 e. The molecule has 8 nitrogen and oxygen atoms in total. The molecule has 3 rings (SSSR count). The molecule has 0 radical (unpaired) electrons.